The van der Waals surface area contributed by atoms with Gasteiger partial charge in [0.05, 0.1) is 4.92 Å². The minimum atomic E-state index is -0.530. The maximum Gasteiger partial charge on any atom is 0.312 e. The van der Waals surface area contributed by atoms with Crippen LogP contribution in [0.2, 0.25) is 5.15 Å². The van der Waals surface area contributed by atoms with E-state index in [9.17, 15) is 10.1 Å². The Balaban J connectivity index is 2.44. The summed E-state index contributed by atoms with van der Waals surface area (Å²) in [5, 5.41) is 11.2. The Labute approximate surface area is 121 Å². The van der Waals surface area contributed by atoms with Crippen LogP contribution in [0.25, 0.3) is 0 Å². The highest BCUT2D eigenvalue weighted by Gasteiger charge is 2.18. The normalized spacial score (nSPS) is 10.3. The van der Waals surface area contributed by atoms with Gasteiger partial charge >= 0.3 is 5.69 Å². The largest absolute Gasteiger partial charge is 0.431 e. The zero-order chi connectivity index (χ0) is 14.0. The van der Waals surface area contributed by atoms with Gasteiger partial charge < -0.3 is 4.74 Å². The number of rotatable bonds is 3. The van der Waals surface area contributed by atoms with Gasteiger partial charge in [-0.15, -0.1) is 0 Å². The molecule has 1 aromatic carbocycles. The van der Waals surface area contributed by atoms with Crippen LogP contribution in [0, 0.1) is 17.0 Å². The molecule has 1 heterocycles. The van der Waals surface area contributed by atoms with Crippen molar-refractivity contribution in [1.82, 2.24) is 9.97 Å². The SMILES string of the molecule is Cc1c(Cl)ncnc1Oc1ccc(Br)cc1[N+](=O)[O-]. The number of halogens is 2. The summed E-state index contributed by atoms with van der Waals surface area (Å²) in [6.07, 6.45) is 1.23. The number of hydrogen-bond donors (Lipinski definition) is 0. The Hall–Kier alpha value is -1.73. The van der Waals surface area contributed by atoms with Crippen molar-refractivity contribution in [2.45, 2.75) is 6.92 Å². The fourth-order valence-electron chi connectivity index (χ4n) is 1.34. The molecule has 0 amide bonds. The van der Waals surface area contributed by atoms with Crippen LogP contribution in [0.3, 0.4) is 0 Å². The predicted octanol–water partition coefficient (Wildman–Crippen LogP) is 3.90. The highest BCUT2D eigenvalue weighted by atomic mass is 79.9. The maximum absolute atomic E-state index is 11.0. The van der Waals surface area contributed by atoms with Crippen LogP contribution in [-0.4, -0.2) is 14.9 Å². The lowest BCUT2D eigenvalue weighted by atomic mass is 10.3. The summed E-state index contributed by atoms with van der Waals surface area (Å²) in [5.74, 6) is 0.275. The molecule has 0 bridgehead atoms. The Morgan fingerprint density at radius 3 is 2.84 bits per heavy atom. The van der Waals surface area contributed by atoms with Gasteiger partial charge in [-0.2, -0.15) is 0 Å². The van der Waals surface area contributed by atoms with E-state index in [1.165, 1.54) is 18.5 Å². The first kappa shape index (κ1) is 13.7. The molecule has 8 heteroatoms. The van der Waals surface area contributed by atoms with Crippen molar-refractivity contribution in [3.8, 4) is 11.6 Å². The van der Waals surface area contributed by atoms with E-state index in [4.69, 9.17) is 16.3 Å². The van der Waals surface area contributed by atoms with E-state index in [0.29, 0.717) is 10.0 Å². The van der Waals surface area contributed by atoms with Gasteiger partial charge in [0.25, 0.3) is 0 Å². The molecular formula is C11H7BrClN3O3. The van der Waals surface area contributed by atoms with Crippen molar-refractivity contribution >= 4 is 33.2 Å². The van der Waals surface area contributed by atoms with E-state index in [-0.39, 0.29) is 22.5 Å². The first-order valence-corrected chi connectivity index (χ1v) is 6.25. The first-order valence-electron chi connectivity index (χ1n) is 5.08. The maximum atomic E-state index is 11.0. The third-order valence-electron chi connectivity index (χ3n) is 2.30. The lowest BCUT2D eigenvalue weighted by Crippen LogP contribution is -1.97. The number of nitro benzene ring substituents is 1. The lowest BCUT2D eigenvalue weighted by Gasteiger charge is -2.08. The molecule has 2 rings (SSSR count). The zero-order valence-corrected chi connectivity index (χ0v) is 12.0. The summed E-state index contributed by atoms with van der Waals surface area (Å²) in [6, 6.07) is 4.48. The molecule has 0 N–H and O–H groups in total. The summed E-state index contributed by atoms with van der Waals surface area (Å²) in [7, 11) is 0. The van der Waals surface area contributed by atoms with Crippen molar-refractivity contribution in [3.63, 3.8) is 0 Å². The van der Waals surface area contributed by atoms with Crippen molar-refractivity contribution < 1.29 is 9.66 Å². The Kier molecular flexibility index (Phi) is 3.96. The van der Waals surface area contributed by atoms with Gasteiger partial charge in [0.2, 0.25) is 11.6 Å². The second-order valence-corrected chi connectivity index (χ2v) is 4.84. The van der Waals surface area contributed by atoms with Gasteiger partial charge in [0, 0.05) is 16.1 Å². The smallest absolute Gasteiger partial charge is 0.312 e. The summed E-state index contributed by atoms with van der Waals surface area (Å²) in [6.45, 7) is 1.67. The van der Waals surface area contributed by atoms with Gasteiger partial charge in [-0.3, -0.25) is 10.1 Å². The quantitative estimate of drug-likeness (QED) is 0.479. The Morgan fingerprint density at radius 2 is 2.16 bits per heavy atom. The molecule has 0 atom stereocenters. The van der Waals surface area contributed by atoms with Crippen molar-refractivity contribution in [2.75, 3.05) is 0 Å². The molecular weight excluding hydrogens is 337 g/mol. The van der Waals surface area contributed by atoms with E-state index >= 15 is 0 Å². The van der Waals surface area contributed by atoms with E-state index in [1.54, 1.807) is 13.0 Å². The summed E-state index contributed by atoms with van der Waals surface area (Å²) in [4.78, 5) is 18.1. The van der Waals surface area contributed by atoms with E-state index < -0.39 is 4.92 Å². The highest BCUT2D eigenvalue weighted by Crippen LogP contribution is 2.34. The number of nitro groups is 1. The van der Waals surface area contributed by atoms with E-state index in [2.05, 4.69) is 25.9 Å². The van der Waals surface area contributed by atoms with Crippen molar-refractivity contribution in [3.05, 3.63) is 49.8 Å². The predicted molar refractivity (Wildman–Crippen MR) is 72.6 cm³/mol. The fraction of sp³-hybridized carbons (Fsp3) is 0.0909. The Morgan fingerprint density at radius 1 is 1.42 bits per heavy atom. The molecule has 2 aromatic rings. The van der Waals surface area contributed by atoms with Crippen LogP contribution >= 0.6 is 27.5 Å². The third-order valence-corrected chi connectivity index (χ3v) is 3.17. The van der Waals surface area contributed by atoms with Gasteiger partial charge in [-0.25, -0.2) is 9.97 Å². The van der Waals surface area contributed by atoms with E-state index in [0.717, 1.165) is 0 Å². The molecule has 0 aliphatic rings. The van der Waals surface area contributed by atoms with E-state index in [1.807, 2.05) is 0 Å². The molecule has 0 spiro atoms. The minimum absolute atomic E-state index is 0.0890. The number of benzene rings is 1. The third kappa shape index (κ3) is 2.99. The van der Waals surface area contributed by atoms with Crippen molar-refractivity contribution in [2.24, 2.45) is 0 Å². The molecule has 1 aromatic heterocycles. The molecule has 0 aliphatic heterocycles. The van der Waals surface area contributed by atoms with Crippen molar-refractivity contribution in [1.29, 1.82) is 0 Å². The molecule has 0 aliphatic carbocycles. The lowest BCUT2D eigenvalue weighted by molar-refractivity contribution is -0.385. The Bertz CT molecular complexity index is 651. The number of hydrogen-bond acceptors (Lipinski definition) is 5. The van der Waals surface area contributed by atoms with Crippen LogP contribution in [0.1, 0.15) is 5.56 Å². The minimum Gasteiger partial charge on any atom is -0.431 e. The molecule has 19 heavy (non-hydrogen) atoms. The van der Waals surface area contributed by atoms with Crippen LogP contribution < -0.4 is 4.74 Å². The highest BCUT2D eigenvalue weighted by molar-refractivity contribution is 9.10. The van der Waals surface area contributed by atoms with Gasteiger partial charge in [-0.1, -0.05) is 27.5 Å². The average Bonchev–Trinajstić information content (AvgIpc) is 2.36. The number of ether oxygens (including phenoxy) is 1. The second-order valence-electron chi connectivity index (χ2n) is 3.57. The second kappa shape index (κ2) is 5.50. The van der Waals surface area contributed by atoms with Gasteiger partial charge in [-0.05, 0) is 19.1 Å². The number of aromatic nitrogens is 2. The van der Waals surface area contributed by atoms with Crippen LogP contribution in [0.4, 0.5) is 5.69 Å². The van der Waals surface area contributed by atoms with Gasteiger partial charge in [0.1, 0.15) is 11.5 Å². The topological polar surface area (TPSA) is 78.2 Å². The molecule has 98 valence electrons. The molecule has 0 saturated heterocycles. The van der Waals surface area contributed by atoms with Crippen LogP contribution in [0.15, 0.2) is 29.0 Å². The standard InChI is InChI=1S/C11H7BrClN3O3/c1-6-10(13)14-5-15-11(6)19-9-3-2-7(12)4-8(9)16(17)18/h2-5H,1H3. The summed E-state index contributed by atoms with van der Waals surface area (Å²) in [5.41, 5.74) is 0.352. The monoisotopic (exact) mass is 343 g/mol. The molecule has 0 radical (unpaired) electrons. The van der Waals surface area contributed by atoms with Crippen LogP contribution in [-0.2, 0) is 0 Å². The van der Waals surface area contributed by atoms with Crippen LogP contribution in [0.5, 0.6) is 11.6 Å². The zero-order valence-electron chi connectivity index (χ0n) is 9.63. The molecule has 0 fully saturated rings. The first-order chi connectivity index (χ1) is 8.99. The molecule has 0 unspecified atom stereocenters. The number of nitrogens with zero attached hydrogens (tertiary/aromatic N) is 3. The van der Waals surface area contributed by atoms with Gasteiger partial charge in [0.15, 0.2) is 0 Å². The summed E-state index contributed by atoms with van der Waals surface area (Å²) >= 11 is 9.00. The average molecular weight is 345 g/mol. The molecule has 6 nitrogen and oxygen atoms in total. The summed E-state index contributed by atoms with van der Waals surface area (Å²) < 4.78 is 6.03. The molecule has 0 saturated carbocycles. The fourth-order valence-corrected chi connectivity index (χ4v) is 1.81.